The molecule has 0 aromatic heterocycles. The highest BCUT2D eigenvalue weighted by molar-refractivity contribution is 5.75. The van der Waals surface area contributed by atoms with Crippen molar-refractivity contribution in [2.24, 2.45) is 5.73 Å². The van der Waals surface area contributed by atoms with Gasteiger partial charge in [-0.15, -0.1) is 0 Å². The average Bonchev–Trinajstić information content (AvgIpc) is 2.55. The number of aliphatic hydroxyl groups is 4. The van der Waals surface area contributed by atoms with E-state index < -0.39 is 49.3 Å². The van der Waals surface area contributed by atoms with E-state index in [-0.39, 0.29) is 6.42 Å². The SMILES string of the molecule is NC(Cc1ccccc1)C(=O)OCC1OC(O)C(O)C(O)C1O. The molecule has 23 heavy (non-hydrogen) atoms. The Morgan fingerprint density at radius 1 is 1.13 bits per heavy atom. The Bertz CT molecular complexity index is 512. The van der Waals surface area contributed by atoms with E-state index in [2.05, 4.69) is 0 Å². The van der Waals surface area contributed by atoms with Crippen LogP contribution in [0.15, 0.2) is 30.3 Å². The number of aliphatic hydroxyl groups excluding tert-OH is 4. The van der Waals surface area contributed by atoms with Gasteiger partial charge in [-0.2, -0.15) is 0 Å². The number of ether oxygens (including phenoxy) is 2. The number of rotatable bonds is 5. The average molecular weight is 327 g/mol. The predicted octanol–water partition coefficient (Wildman–Crippen LogP) is -2.10. The van der Waals surface area contributed by atoms with Crippen LogP contribution in [-0.2, 0) is 20.7 Å². The smallest absolute Gasteiger partial charge is 0.323 e. The Labute approximate surface area is 133 Å². The largest absolute Gasteiger partial charge is 0.462 e. The molecule has 1 heterocycles. The number of benzene rings is 1. The molecule has 0 amide bonds. The zero-order chi connectivity index (χ0) is 17.0. The lowest BCUT2D eigenvalue weighted by Gasteiger charge is -2.37. The molecule has 0 radical (unpaired) electrons. The summed E-state index contributed by atoms with van der Waals surface area (Å²) in [4.78, 5) is 11.9. The number of esters is 1. The molecular formula is C15H21NO7. The van der Waals surface area contributed by atoms with Crippen molar-refractivity contribution < 1.29 is 34.7 Å². The highest BCUT2D eigenvalue weighted by atomic mass is 16.6. The molecule has 1 aromatic carbocycles. The summed E-state index contributed by atoms with van der Waals surface area (Å²) < 4.78 is 9.87. The lowest BCUT2D eigenvalue weighted by Crippen LogP contribution is -2.58. The minimum Gasteiger partial charge on any atom is -0.462 e. The van der Waals surface area contributed by atoms with Crippen molar-refractivity contribution in [3.63, 3.8) is 0 Å². The van der Waals surface area contributed by atoms with E-state index >= 15 is 0 Å². The first-order valence-electron chi connectivity index (χ1n) is 7.24. The normalized spacial score (nSPS) is 32.3. The van der Waals surface area contributed by atoms with E-state index in [1.165, 1.54) is 0 Å². The van der Waals surface area contributed by atoms with Crippen LogP contribution < -0.4 is 5.73 Å². The molecule has 0 spiro atoms. The number of carbonyl (C=O) groups excluding carboxylic acids is 1. The summed E-state index contributed by atoms with van der Waals surface area (Å²) in [6, 6.07) is 8.27. The van der Waals surface area contributed by atoms with Gasteiger partial charge in [-0.3, -0.25) is 4.79 Å². The molecule has 8 nitrogen and oxygen atoms in total. The fourth-order valence-electron chi connectivity index (χ4n) is 2.29. The third-order valence-electron chi connectivity index (χ3n) is 3.68. The summed E-state index contributed by atoms with van der Waals surface area (Å²) in [6.07, 6.45) is -7.26. The molecule has 1 aromatic rings. The summed E-state index contributed by atoms with van der Waals surface area (Å²) in [5.74, 6) is -0.695. The maximum Gasteiger partial charge on any atom is 0.323 e. The molecule has 8 heteroatoms. The first-order chi connectivity index (χ1) is 10.9. The van der Waals surface area contributed by atoms with Gasteiger partial charge >= 0.3 is 5.97 Å². The van der Waals surface area contributed by atoms with Crippen LogP contribution in [0.5, 0.6) is 0 Å². The molecular weight excluding hydrogens is 306 g/mol. The van der Waals surface area contributed by atoms with E-state index in [0.29, 0.717) is 0 Å². The van der Waals surface area contributed by atoms with E-state index in [1.807, 2.05) is 30.3 Å². The van der Waals surface area contributed by atoms with Gasteiger partial charge in [0.1, 0.15) is 37.1 Å². The minimum atomic E-state index is -1.67. The first-order valence-corrected chi connectivity index (χ1v) is 7.24. The van der Waals surface area contributed by atoms with Crippen molar-refractivity contribution in [3.05, 3.63) is 35.9 Å². The molecule has 1 saturated heterocycles. The molecule has 6 N–H and O–H groups in total. The van der Waals surface area contributed by atoms with Gasteiger partial charge in [0.15, 0.2) is 6.29 Å². The molecule has 2 rings (SSSR count). The Morgan fingerprint density at radius 3 is 2.43 bits per heavy atom. The van der Waals surface area contributed by atoms with Gasteiger partial charge in [-0.05, 0) is 12.0 Å². The van der Waals surface area contributed by atoms with Crippen molar-refractivity contribution in [1.29, 1.82) is 0 Å². The van der Waals surface area contributed by atoms with Crippen LogP contribution in [0, 0.1) is 0 Å². The number of hydrogen-bond acceptors (Lipinski definition) is 8. The number of nitrogens with two attached hydrogens (primary N) is 1. The van der Waals surface area contributed by atoms with Gasteiger partial charge < -0.3 is 35.6 Å². The molecule has 1 fully saturated rings. The van der Waals surface area contributed by atoms with Crippen molar-refractivity contribution in [1.82, 2.24) is 0 Å². The Hall–Kier alpha value is -1.55. The summed E-state index contributed by atoms with van der Waals surface area (Å²) in [5, 5.41) is 38.0. The minimum absolute atomic E-state index is 0.289. The summed E-state index contributed by atoms with van der Waals surface area (Å²) in [6.45, 7) is -0.399. The Kier molecular flexibility index (Phi) is 6.05. The van der Waals surface area contributed by atoms with Gasteiger partial charge in [0.05, 0.1) is 0 Å². The van der Waals surface area contributed by atoms with Crippen LogP contribution in [0.4, 0.5) is 0 Å². The molecule has 0 aliphatic carbocycles. The third kappa shape index (κ3) is 4.47. The van der Waals surface area contributed by atoms with E-state index in [9.17, 15) is 25.2 Å². The van der Waals surface area contributed by atoms with Crippen LogP contribution in [0.2, 0.25) is 0 Å². The maximum absolute atomic E-state index is 11.9. The fourth-order valence-corrected chi connectivity index (χ4v) is 2.29. The second kappa shape index (κ2) is 7.82. The summed E-state index contributed by atoms with van der Waals surface area (Å²) in [7, 11) is 0. The molecule has 128 valence electrons. The Morgan fingerprint density at radius 2 is 1.78 bits per heavy atom. The van der Waals surface area contributed by atoms with Crippen LogP contribution >= 0.6 is 0 Å². The van der Waals surface area contributed by atoms with Crippen molar-refractivity contribution in [2.75, 3.05) is 6.61 Å². The van der Waals surface area contributed by atoms with Gasteiger partial charge in [-0.25, -0.2) is 0 Å². The van der Waals surface area contributed by atoms with Gasteiger partial charge in [0.25, 0.3) is 0 Å². The zero-order valence-electron chi connectivity index (χ0n) is 12.4. The number of carbonyl (C=O) groups is 1. The van der Waals surface area contributed by atoms with Crippen molar-refractivity contribution in [3.8, 4) is 0 Å². The second-order valence-electron chi connectivity index (χ2n) is 5.46. The summed E-state index contributed by atoms with van der Waals surface area (Å²) in [5.41, 5.74) is 6.63. The lowest BCUT2D eigenvalue weighted by atomic mass is 9.99. The topological polar surface area (TPSA) is 142 Å². The van der Waals surface area contributed by atoms with Crippen molar-refractivity contribution >= 4 is 5.97 Å². The highest BCUT2D eigenvalue weighted by Gasteiger charge is 2.43. The molecule has 6 unspecified atom stereocenters. The zero-order valence-corrected chi connectivity index (χ0v) is 12.4. The molecule has 0 saturated carbocycles. The monoisotopic (exact) mass is 327 g/mol. The van der Waals surface area contributed by atoms with E-state index in [1.54, 1.807) is 0 Å². The number of hydrogen-bond donors (Lipinski definition) is 5. The van der Waals surface area contributed by atoms with Crippen LogP contribution in [0.3, 0.4) is 0 Å². The lowest BCUT2D eigenvalue weighted by molar-refractivity contribution is -0.287. The van der Waals surface area contributed by atoms with Crippen LogP contribution in [0.25, 0.3) is 0 Å². The first kappa shape index (κ1) is 17.8. The quantitative estimate of drug-likeness (QED) is 0.387. The molecule has 1 aliphatic heterocycles. The van der Waals surface area contributed by atoms with E-state index in [4.69, 9.17) is 15.2 Å². The fraction of sp³-hybridized carbons (Fsp3) is 0.533. The van der Waals surface area contributed by atoms with E-state index in [0.717, 1.165) is 5.56 Å². The van der Waals surface area contributed by atoms with Gasteiger partial charge in [0.2, 0.25) is 0 Å². The summed E-state index contributed by atoms with van der Waals surface area (Å²) >= 11 is 0. The third-order valence-corrected chi connectivity index (χ3v) is 3.68. The standard InChI is InChI=1S/C15H21NO7/c16-9(6-8-4-2-1-3-5-8)14(20)22-7-10-11(17)12(18)13(19)15(21)23-10/h1-5,9-13,15,17-19,21H,6-7,16H2. The van der Waals surface area contributed by atoms with Crippen LogP contribution in [0.1, 0.15) is 5.56 Å². The Balaban J connectivity index is 1.84. The second-order valence-corrected chi connectivity index (χ2v) is 5.46. The van der Waals surface area contributed by atoms with Gasteiger partial charge in [-0.1, -0.05) is 30.3 Å². The predicted molar refractivity (Wildman–Crippen MR) is 78.0 cm³/mol. The van der Waals surface area contributed by atoms with Crippen LogP contribution in [-0.4, -0.2) is 69.8 Å². The van der Waals surface area contributed by atoms with Gasteiger partial charge in [0, 0.05) is 0 Å². The highest BCUT2D eigenvalue weighted by Crippen LogP contribution is 2.20. The molecule has 1 aliphatic rings. The molecule has 6 atom stereocenters. The maximum atomic E-state index is 11.9. The molecule has 0 bridgehead atoms. The van der Waals surface area contributed by atoms with Crippen molar-refractivity contribution in [2.45, 2.75) is 43.2 Å².